The van der Waals surface area contributed by atoms with Crippen LogP contribution in [-0.2, 0) is 17.7 Å². The largest absolute Gasteiger partial charge is 0.385 e. The van der Waals surface area contributed by atoms with Gasteiger partial charge in [-0.1, -0.05) is 30.3 Å². The molecule has 0 unspecified atom stereocenters. The van der Waals surface area contributed by atoms with Crippen LogP contribution in [0.15, 0.2) is 53.3 Å². The maximum atomic E-state index is 12.7. The lowest BCUT2D eigenvalue weighted by atomic mass is 10.1. The zero-order valence-corrected chi connectivity index (χ0v) is 16.6. The van der Waals surface area contributed by atoms with Gasteiger partial charge in [-0.25, -0.2) is 0 Å². The molecule has 3 aromatic rings. The molecule has 0 fully saturated rings. The molecule has 6 nitrogen and oxygen atoms in total. The van der Waals surface area contributed by atoms with Crippen molar-refractivity contribution in [3.8, 4) is 0 Å². The second-order valence-electron chi connectivity index (χ2n) is 6.49. The fourth-order valence-electron chi connectivity index (χ4n) is 3.03. The van der Waals surface area contributed by atoms with Crippen LogP contribution in [0.2, 0.25) is 0 Å². The minimum atomic E-state index is -0.179. The molecule has 0 bridgehead atoms. The molecule has 146 valence electrons. The summed E-state index contributed by atoms with van der Waals surface area (Å²) < 4.78 is 6.90. The predicted molar refractivity (Wildman–Crippen MR) is 112 cm³/mol. The smallest absolute Gasteiger partial charge is 0.262 e. The van der Waals surface area contributed by atoms with E-state index in [2.05, 4.69) is 10.3 Å². The number of rotatable bonds is 8. The van der Waals surface area contributed by atoms with Crippen LogP contribution in [0.1, 0.15) is 22.3 Å². The fraction of sp³-hybridized carbons (Fsp3) is 0.286. The van der Waals surface area contributed by atoms with Gasteiger partial charge in [0.2, 0.25) is 0 Å². The van der Waals surface area contributed by atoms with E-state index in [-0.39, 0.29) is 11.5 Å². The summed E-state index contributed by atoms with van der Waals surface area (Å²) in [6.45, 7) is 1.58. The number of benzene rings is 2. The maximum Gasteiger partial charge on any atom is 0.262 e. The quantitative estimate of drug-likeness (QED) is 0.452. The molecule has 1 aromatic heterocycles. The Bertz CT molecular complexity index is 1070. The monoisotopic (exact) mass is 397 g/mol. The second-order valence-corrected chi connectivity index (χ2v) is 6.87. The lowest BCUT2D eigenvalue weighted by Gasteiger charge is -2.09. The number of ether oxygens (including phenoxy) is 1. The van der Waals surface area contributed by atoms with Gasteiger partial charge in [0.25, 0.3) is 11.5 Å². The van der Waals surface area contributed by atoms with E-state index in [0.717, 1.165) is 6.42 Å². The van der Waals surface area contributed by atoms with Gasteiger partial charge in [-0.15, -0.1) is 0 Å². The van der Waals surface area contributed by atoms with Crippen LogP contribution < -0.4 is 10.9 Å². The van der Waals surface area contributed by atoms with Crippen LogP contribution in [-0.4, -0.2) is 35.7 Å². The van der Waals surface area contributed by atoms with Crippen molar-refractivity contribution in [2.24, 2.45) is 0 Å². The topological polar surface area (TPSA) is 76.1 Å². The number of nitrogens with zero attached hydrogens (tertiary/aromatic N) is 1. The predicted octanol–water partition coefficient (Wildman–Crippen LogP) is 3.07. The van der Waals surface area contributed by atoms with E-state index >= 15 is 0 Å². The SMILES string of the molecule is COCCCn1c(=S)[nH]c2cc(C(=O)NCCc3ccccc3)ccc2c1=O. The fourth-order valence-corrected chi connectivity index (χ4v) is 3.32. The molecule has 1 heterocycles. The summed E-state index contributed by atoms with van der Waals surface area (Å²) >= 11 is 5.32. The molecule has 0 saturated carbocycles. The number of carbonyl (C=O) groups excluding carboxylic acids is 1. The third kappa shape index (κ3) is 4.74. The summed E-state index contributed by atoms with van der Waals surface area (Å²) in [6, 6.07) is 15.0. The standard InChI is InChI=1S/C21H23N3O3S/c1-27-13-5-12-24-20(26)17-9-8-16(14-18(17)23-21(24)28)19(25)22-11-10-15-6-3-2-4-7-15/h2-4,6-9,14H,5,10-13H2,1H3,(H,22,25)(H,23,28). The summed E-state index contributed by atoms with van der Waals surface area (Å²) in [5, 5.41) is 3.42. The van der Waals surface area contributed by atoms with E-state index in [1.165, 1.54) is 10.1 Å². The van der Waals surface area contributed by atoms with Crippen molar-refractivity contribution in [3.63, 3.8) is 0 Å². The zero-order chi connectivity index (χ0) is 19.9. The van der Waals surface area contributed by atoms with Crippen molar-refractivity contribution in [3.05, 3.63) is 74.8 Å². The molecule has 0 atom stereocenters. The van der Waals surface area contributed by atoms with Crippen molar-refractivity contribution in [1.29, 1.82) is 0 Å². The Morgan fingerprint density at radius 2 is 2.00 bits per heavy atom. The van der Waals surface area contributed by atoms with Gasteiger partial charge in [0.05, 0.1) is 10.9 Å². The molecular formula is C21H23N3O3S. The molecule has 0 aliphatic heterocycles. The highest BCUT2D eigenvalue weighted by molar-refractivity contribution is 7.71. The third-order valence-electron chi connectivity index (χ3n) is 4.52. The number of nitrogens with one attached hydrogen (secondary N) is 2. The minimum absolute atomic E-state index is 0.161. The Kier molecular flexibility index (Phi) is 6.73. The van der Waals surface area contributed by atoms with Crippen molar-refractivity contribution in [2.45, 2.75) is 19.4 Å². The van der Waals surface area contributed by atoms with Crippen molar-refractivity contribution in [1.82, 2.24) is 14.9 Å². The van der Waals surface area contributed by atoms with Gasteiger partial charge in [-0.3, -0.25) is 14.2 Å². The van der Waals surface area contributed by atoms with Crippen LogP contribution in [0.3, 0.4) is 0 Å². The molecule has 2 N–H and O–H groups in total. The molecule has 2 aromatic carbocycles. The lowest BCUT2D eigenvalue weighted by molar-refractivity contribution is 0.0954. The Morgan fingerprint density at radius 1 is 1.21 bits per heavy atom. The molecule has 1 amide bonds. The Balaban J connectivity index is 1.74. The first-order valence-corrected chi connectivity index (χ1v) is 9.59. The first kappa shape index (κ1) is 20.0. The third-order valence-corrected chi connectivity index (χ3v) is 4.84. The van der Waals surface area contributed by atoms with E-state index in [1.807, 2.05) is 30.3 Å². The lowest BCUT2D eigenvalue weighted by Crippen LogP contribution is -2.26. The van der Waals surface area contributed by atoms with Crippen LogP contribution in [0, 0.1) is 4.77 Å². The Morgan fingerprint density at radius 3 is 2.75 bits per heavy atom. The Hall–Kier alpha value is -2.77. The number of aromatic nitrogens is 2. The number of H-pyrrole nitrogens is 1. The molecular weight excluding hydrogens is 374 g/mol. The van der Waals surface area contributed by atoms with Gasteiger partial charge in [0.15, 0.2) is 4.77 Å². The van der Waals surface area contributed by atoms with Gasteiger partial charge < -0.3 is 15.0 Å². The van der Waals surface area contributed by atoms with E-state index in [9.17, 15) is 9.59 Å². The van der Waals surface area contributed by atoms with Crippen molar-refractivity contribution >= 4 is 29.0 Å². The maximum absolute atomic E-state index is 12.7. The van der Waals surface area contributed by atoms with Gasteiger partial charge in [-0.05, 0) is 48.8 Å². The minimum Gasteiger partial charge on any atom is -0.385 e. The van der Waals surface area contributed by atoms with E-state index in [0.29, 0.717) is 47.4 Å². The summed E-state index contributed by atoms with van der Waals surface area (Å²) in [5.41, 5.74) is 2.06. The summed E-state index contributed by atoms with van der Waals surface area (Å²) in [4.78, 5) is 28.2. The summed E-state index contributed by atoms with van der Waals surface area (Å²) in [5.74, 6) is -0.179. The van der Waals surface area contributed by atoms with Crippen LogP contribution in [0.5, 0.6) is 0 Å². The number of hydrogen-bond acceptors (Lipinski definition) is 4. The van der Waals surface area contributed by atoms with Crippen molar-refractivity contribution < 1.29 is 9.53 Å². The number of aromatic amines is 1. The molecule has 3 rings (SSSR count). The van der Waals surface area contributed by atoms with Crippen LogP contribution >= 0.6 is 12.2 Å². The first-order valence-electron chi connectivity index (χ1n) is 9.18. The highest BCUT2D eigenvalue weighted by Gasteiger charge is 2.10. The average Bonchev–Trinajstić information content (AvgIpc) is 2.71. The van der Waals surface area contributed by atoms with Gasteiger partial charge in [0, 0.05) is 32.4 Å². The highest BCUT2D eigenvalue weighted by atomic mass is 32.1. The number of amides is 1. The number of hydrogen-bond donors (Lipinski definition) is 2. The molecule has 0 spiro atoms. The molecule has 0 radical (unpaired) electrons. The highest BCUT2D eigenvalue weighted by Crippen LogP contribution is 2.11. The van der Waals surface area contributed by atoms with Gasteiger partial charge >= 0.3 is 0 Å². The van der Waals surface area contributed by atoms with Crippen molar-refractivity contribution in [2.75, 3.05) is 20.3 Å². The molecule has 0 aliphatic carbocycles. The Labute approximate surface area is 168 Å². The molecule has 0 saturated heterocycles. The molecule has 7 heteroatoms. The van der Waals surface area contributed by atoms with E-state index in [1.54, 1.807) is 25.3 Å². The second kappa shape index (κ2) is 9.43. The molecule has 0 aliphatic rings. The van der Waals surface area contributed by atoms with E-state index in [4.69, 9.17) is 17.0 Å². The van der Waals surface area contributed by atoms with Crippen LogP contribution in [0.4, 0.5) is 0 Å². The first-order chi connectivity index (χ1) is 13.6. The van der Waals surface area contributed by atoms with E-state index < -0.39 is 0 Å². The molecule has 28 heavy (non-hydrogen) atoms. The normalized spacial score (nSPS) is 10.9. The number of carbonyl (C=O) groups is 1. The zero-order valence-electron chi connectivity index (χ0n) is 15.7. The van der Waals surface area contributed by atoms with Gasteiger partial charge in [0.1, 0.15) is 0 Å². The number of fused-ring (bicyclic) bond motifs is 1. The summed E-state index contributed by atoms with van der Waals surface area (Å²) in [7, 11) is 1.62. The summed E-state index contributed by atoms with van der Waals surface area (Å²) in [6.07, 6.45) is 1.45. The average molecular weight is 398 g/mol. The van der Waals surface area contributed by atoms with Crippen LogP contribution in [0.25, 0.3) is 10.9 Å². The number of methoxy groups -OCH3 is 1. The van der Waals surface area contributed by atoms with Gasteiger partial charge in [-0.2, -0.15) is 0 Å².